The molecule has 1 aromatic carbocycles. The standard InChI is InChI=1S/C17H19ClN4OS/c18-15-4-2-1-3-14(15)12-5-6-21(10-12)16(23)19-9-13-11-22-7-8-24-17(22)20-13/h1-4,11-12H,5-10H2,(H,19,23)/t12-/m1/s1. The topological polar surface area (TPSA) is 50.2 Å². The van der Waals surface area contributed by atoms with E-state index in [4.69, 9.17) is 11.6 Å². The molecule has 3 heterocycles. The zero-order valence-electron chi connectivity index (χ0n) is 13.2. The number of benzene rings is 1. The minimum atomic E-state index is -0.0228. The SMILES string of the molecule is O=C(NCc1cn2c(n1)SCC2)N1CC[C@@H](c2ccccc2Cl)C1. The summed E-state index contributed by atoms with van der Waals surface area (Å²) >= 11 is 8.04. The fourth-order valence-corrected chi connectivity index (χ4v) is 4.58. The molecule has 2 aliphatic rings. The Morgan fingerprint density at radius 2 is 2.25 bits per heavy atom. The van der Waals surface area contributed by atoms with Gasteiger partial charge in [-0.25, -0.2) is 9.78 Å². The lowest BCUT2D eigenvalue weighted by atomic mass is 9.98. The number of urea groups is 1. The summed E-state index contributed by atoms with van der Waals surface area (Å²) in [5.74, 6) is 1.41. The Morgan fingerprint density at radius 3 is 3.08 bits per heavy atom. The number of halogens is 1. The molecule has 0 bridgehead atoms. The van der Waals surface area contributed by atoms with Crippen molar-refractivity contribution in [3.63, 3.8) is 0 Å². The second-order valence-corrected chi connectivity index (χ2v) is 7.64. The summed E-state index contributed by atoms with van der Waals surface area (Å²) in [7, 11) is 0. The molecule has 2 amide bonds. The van der Waals surface area contributed by atoms with E-state index in [0.29, 0.717) is 19.0 Å². The number of fused-ring (bicyclic) bond motifs is 1. The molecule has 0 spiro atoms. The van der Waals surface area contributed by atoms with E-state index in [2.05, 4.69) is 20.9 Å². The zero-order valence-corrected chi connectivity index (χ0v) is 14.8. The molecule has 1 saturated heterocycles. The van der Waals surface area contributed by atoms with Gasteiger partial charge in [0.25, 0.3) is 0 Å². The third-order valence-electron chi connectivity index (χ3n) is 4.59. The minimum absolute atomic E-state index is 0.0228. The van der Waals surface area contributed by atoms with Gasteiger partial charge in [-0.2, -0.15) is 0 Å². The van der Waals surface area contributed by atoms with Crippen LogP contribution in [-0.2, 0) is 13.1 Å². The van der Waals surface area contributed by atoms with Crippen LogP contribution in [0.4, 0.5) is 4.79 Å². The molecule has 2 aromatic rings. The van der Waals surface area contributed by atoms with Gasteiger partial charge in [0.05, 0.1) is 12.2 Å². The van der Waals surface area contributed by atoms with E-state index in [0.717, 1.165) is 46.7 Å². The summed E-state index contributed by atoms with van der Waals surface area (Å²) in [4.78, 5) is 18.8. The molecule has 0 unspecified atom stereocenters. The normalized spacial score (nSPS) is 19.5. The van der Waals surface area contributed by atoms with E-state index >= 15 is 0 Å². The van der Waals surface area contributed by atoms with Crippen molar-refractivity contribution in [2.45, 2.75) is 30.6 Å². The highest BCUT2D eigenvalue weighted by Gasteiger charge is 2.28. The molecular weight excluding hydrogens is 344 g/mol. The van der Waals surface area contributed by atoms with Gasteiger partial charge in [0.15, 0.2) is 5.16 Å². The number of likely N-dealkylation sites (tertiary alicyclic amines) is 1. The number of aryl methyl sites for hydroxylation is 1. The first-order chi connectivity index (χ1) is 11.7. The van der Waals surface area contributed by atoms with E-state index in [1.54, 1.807) is 11.8 Å². The van der Waals surface area contributed by atoms with E-state index in [1.165, 1.54) is 0 Å². The lowest BCUT2D eigenvalue weighted by molar-refractivity contribution is 0.207. The highest BCUT2D eigenvalue weighted by molar-refractivity contribution is 7.99. The van der Waals surface area contributed by atoms with Crippen LogP contribution in [0.15, 0.2) is 35.6 Å². The average Bonchev–Trinajstić information content (AvgIpc) is 3.28. The molecule has 24 heavy (non-hydrogen) atoms. The van der Waals surface area contributed by atoms with Crippen molar-refractivity contribution in [1.29, 1.82) is 0 Å². The number of hydrogen-bond donors (Lipinski definition) is 1. The van der Waals surface area contributed by atoms with Crippen molar-refractivity contribution in [2.75, 3.05) is 18.8 Å². The van der Waals surface area contributed by atoms with Gasteiger partial charge in [-0.15, -0.1) is 0 Å². The summed E-state index contributed by atoms with van der Waals surface area (Å²) in [5.41, 5.74) is 2.06. The van der Waals surface area contributed by atoms with Crippen molar-refractivity contribution in [2.24, 2.45) is 0 Å². The van der Waals surface area contributed by atoms with E-state index < -0.39 is 0 Å². The molecule has 2 aliphatic heterocycles. The van der Waals surface area contributed by atoms with Crippen molar-refractivity contribution in [1.82, 2.24) is 19.8 Å². The Kier molecular flexibility index (Phi) is 4.41. The van der Waals surface area contributed by atoms with Gasteiger partial charge >= 0.3 is 6.03 Å². The number of thioether (sulfide) groups is 1. The molecule has 0 saturated carbocycles. The summed E-state index contributed by atoms with van der Waals surface area (Å²) in [6.07, 6.45) is 2.98. The van der Waals surface area contributed by atoms with Crippen LogP contribution in [-0.4, -0.2) is 39.3 Å². The van der Waals surface area contributed by atoms with Crippen LogP contribution < -0.4 is 5.32 Å². The number of imidazole rings is 1. The number of nitrogens with one attached hydrogen (secondary N) is 1. The van der Waals surface area contributed by atoms with Crippen LogP contribution in [0.5, 0.6) is 0 Å². The summed E-state index contributed by atoms with van der Waals surface area (Å²) in [6, 6.07) is 7.88. The highest BCUT2D eigenvalue weighted by atomic mass is 35.5. The first-order valence-corrected chi connectivity index (χ1v) is 9.53. The third-order valence-corrected chi connectivity index (χ3v) is 5.91. The van der Waals surface area contributed by atoms with Crippen LogP contribution in [0.3, 0.4) is 0 Å². The molecule has 126 valence electrons. The van der Waals surface area contributed by atoms with Gasteiger partial charge in [0.2, 0.25) is 0 Å². The maximum Gasteiger partial charge on any atom is 0.317 e. The lowest BCUT2D eigenvalue weighted by Crippen LogP contribution is -2.38. The van der Waals surface area contributed by atoms with Crippen molar-refractivity contribution < 1.29 is 4.79 Å². The smallest absolute Gasteiger partial charge is 0.317 e. The van der Waals surface area contributed by atoms with E-state index in [9.17, 15) is 4.79 Å². The van der Waals surface area contributed by atoms with Crippen molar-refractivity contribution >= 4 is 29.4 Å². The molecule has 7 heteroatoms. The molecule has 0 aliphatic carbocycles. The van der Waals surface area contributed by atoms with E-state index in [1.807, 2.05) is 29.3 Å². The first kappa shape index (κ1) is 15.8. The number of amides is 2. The van der Waals surface area contributed by atoms with Gasteiger partial charge < -0.3 is 14.8 Å². The molecule has 4 rings (SSSR count). The summed E-state index contributed by atoms with van der Waals surface area (Å²) < 4.78 is 2.15. The number of nitrogens with zero attached hydrogens (tertiary/aromatic N) is 3. The molecule has 1 aromatic heterocycles. The lowest BCUT2D eigenvalue weighted by Gasteiger charge is -2.17. The summed E-state index contributed by atoms with van der Waals surface area (Å²) in [5, 5.41) is 4.83. The first-order valence-electron chi connectivity index (χ1n) is 8.17. The predicted octanol–water partition coefficient (Wildman–Crippen LogP) is 3.34. The van der Waals surface area contributed by atoms with Crippen molar-refractivity contribution in [3.05, 3.63) is 46.7 Å². The molecule has 1 N–H and O–H groups in total. The molecule has 0 radical (unpaired) electrons. The van der Waals surface area contributed by atoms with Gasteiger partial charge in [0.1, 0.15) is 0 Å². The Balaban J connectivity index is 1.33. The third kappa shape index (κ3) is 3.13. The quantitative estimate of drug-likeness (QED) is 0.911. The van der Waals surface area contributed by atoms with Crippen LogP contribution in [0.1, 0.15) is 23.6 Å². The predicted molar refractivity (Wildman–Crippen MR) is 95.6 cm³/mol. The molecule has 1 fully saturated rings. The summed E-state index contributed by atoms with van der Waals surface area (Å²) in [6.45, 7) is 2.96. The Labute approximate surface area is 150 Å². The Morgan fingerprint density at radius 1 is 1.38 bits per heavy atom. The number of aromatic nitrogens is 2. The highest BCUT2D eigenvalue weighted by Crippen LogP contribution is 2.32. The second-order valence-electron chi connectivity index (χ2n) is 6.17. The molecule has 5 nitrogen and oxygen atoms in total. The number of hydrogen-bond acceptors (Lipinski definition) is 3. The monoisotopic (exact) mass is 362 g/mol. The van der Waals surface area contributed by atoms with Crippen LogP contribution >= 0.6 is 23.4 Å². The Bertz CT molecular complexity index is 741. The van der Waals surface area contributed by atoms with E-state index in [-0.39, 0.29) is 6.03 Å². The number of rotatable bonds is 3. The number of carbonyl (C=O) groups excluding carboxylic acids is 1. The fourth-order valence-electron chi connectivity index (χ4n) is 3.33. The van der Waals surface area contributed by atoms with Crippen LogP contribution in [0, 0.1) is 0 Å². The van der Waals surface area contributed by atoms with Gasteiger partial charge in [0, 0.05) is 42.5 Å². The van der Waals surface area contributed by atoms with Crippen molar-refractivity contribution in [3.8, 4) is 0 Å². The minimum Gasteiger partial charge on any atom is -0.332 e. The zero-order chi connectivity index (χ0) is 16.5. The largest absolute Gasteiger partial charge is 0.332 e. The Hall–Kier alpha value is -1.66. The molecular formula is C17H19ClN4OS. The fraction of sp³-hybridized carbons (Fsp3) is 0.412. The second kappa shape index (κ2) is 6.69. The maximum atomic E-state index is 12.4. The number of carbonyl (C=O) groups is 1. The van der Waals surface area contributed by atoms with Crippen LogP contribution in [0.25, 0.3) is 0 Å². The molecule has 1 atom stereocenters. The van der Waals surface area contributed by atoms with Gasteiger partial charge in [-0.05, 0) is 18.1 Å². The van der Waals surface area contributed by atoms with Gasteiger partial charge in [-0.1, -0.05) is 41.6 Å². The maximum absolute atomic E-state index is 12.4. The van der Waals surface area contributed by atoms with Crippen LogP contribution in [0.2, 0.25) is 5.02 Å². The van der Waals surface area contributed by atoms with Gasteiger partial charge in [-0.3, -0.25) is 0 Å². The average molecular weight is 363 g/mol.